The van der Waals surface area contributed by atoms with E-state index < -0.39 is 5.41 Å². The van der Waals surface area contributed by atoms with Gasteiger partial charge in [0.15, 0.2) is 0 Å². The lowest BCUT2D eigenvalue weighted by Gasteiger charge is -2.33. The van der Waals surface area contributed by atoms with Crippen LogP contribution in [0.4, 0.5) is 0 Å². The number of rotatable bonds is 32. The summed E-state index contributed by atoms with van der Waals surface area (Å²) in [6.07, 6.45) is 5.79. The molecule has 16 nitrogen and oxygen atoms in total. The number of hydrogen-bond acceptors (Lipinski definition) is 16. The first-order valence-electron chi connectivity index (χ1n) is 13.0. The van der Waals surface area contributed by atoms with Gasteiger partial charge in [-0.25, -0.2) is 39.1 Å². The number of ether oxygens (including phenoxy) is 8. The van der Waals surface area contributed by atoms with Crippen LogP contribution in [0, 0.1) is 5.41 Å². The zero-order chi connectivity index (χ0) is 30.0. The Kier molecular flexibility index (Phi) is 29.6. The van der Waals surface area contributed by atoms with Crippen LogP contribution in [-0.2, 0) is 57.1 Å². The Hall–Kier alpha value is -2.80. The van der Waals surface area contributed by atoms with Gasteiger partial charge in [0.05, 0.1) is 137 Å². The van der Waals surface area contributed by atoms with Crippen molar-refractivity contribution in [3.8, 4) is 0 Å². The molecule has 0 aliphatic heterocycles. The van der Waals surface area contributed by atoms with Crippen molar-refractivity contribution in [3.63, 3.8) is 0 Å². The summed E-state index contributed by atoms with van der Waals surface area (Å²) < 4.78 is 44.9. The first-order chi connectivity index (χ1) is 20.2. The minimum atomic E-state index is -0.715. The molecule has 0 saturated heterocycles. The van der Waals surface area contributed by atoms with Crippen LogP contribution in [0.2, 0.25) is 0 Å². The highest BCUT2D eigenvalue weighted by Crippen LogP contribution is 2.21. The van der Waals surface area contributed by atoms with Gasteiger partial charge in [-0.3, -0.25) is 0 Å². The standard InChI is InChI=1S/C25H40N4O12/c30-21-26-1-5-34-9-13-38-17-25(18-39-14-10-35-6-2-27-22-31,19-40-15-11-36-7-3-28-23-32)20-41-16-12-37-8-4-29-24-33/h1-20H2. The van der Waals surface area contributed by atoms with Gasteiger partial charge in [-0.05, 0) is 0 Å². The molecule has 0 N–H and O–H groups in total. The molecule has 0 aromatic rings. The molecule has 232 valence electrons. The lowest BCUT2D eigenvalue weighted by Crippen LogP contribution is -2.43. The summed E-state index contributed by atoms with van der Waals surface area (Å²) in [5, 5.41) is 0. The van der Waals surface area contributed by atoms with Crippen LogP contribution in [-0.4, -0.2) is 156 Å². The highest BCUT2D eigenvalue weighted by atomic mass is 16.6. The topological polar surface area (TPSA) is 192 Å². The fourth-order valence-corrected chi connectivity index (χ4v) is 2.91. The zero-order valence-corrected chi connectivity index (χ0v) is 23.3. The highest BCUT2D eigenvalue weighted by molar-refractivity contribution is 5.33. The van der Waals surface area contributed by atoms with Gasteiger partial charge in [-0.1, -0.05) is 0 Å². The SMILES string of the molecule is O=C=NCCOCCOCC(COCCOCCN=C=O)(COCCOCCN=C=O)COCCOCCN=C=O. The second-order valence-electron chi connectivity index (χ2n) is 8.05. The van der Waals surface area contributed by atoms with E-state index >= 15 is 0 Å². The van der Waals surface area contributed by atoms with Crippen LogP contribution in [0.15, 0.2) is 20.0 Å². The number of carbonyl (C=O) groups excluding carboxylic acids is 4. The molecule has 0 aliphatic rings. The fraction of sp³-hybridized carbons (Fsp3) is 0.840. The van der Waals surface area contributed by atoms with Crippen molar-refractivity contribution in [3.05, 3.63) is 0 Å². The van der Waals surface area contributed by atoms with Crippen molar-refractivity contribution in [2.75, 3.05) is 132 Å². The molecule has 41 heavy (non-hydrogen) atoms. The van der Waals surface area contributed by atoms with Crippen molar-refractivity contribution in [1.29, 1.82) is 0 Å². The van der Waals surface area contributed by atoms with Gasteiger partial charge in [0.2, 0.25) is 24.3 Å². The molecule has 0 aliphatic carbocycles. The Morgan fingerprint density at radius 3 is 0.780 bits per heavy atom. The van der Waals surface area contributed by atoms with Crippen LogP contribution >= 0.6 is 0 Å². The average molecular weight is 589 g/mol. The van der Waals surface area contributed by atoms with E-state index in [1.807, 2.05) is 0 Å². The molecule has 0 spiro atoms. The van der Waals surface area contributed by atoms with E-state index in [1.54, 1.807) is 0 Å². The van der Waals surface area contributed by atoms with E-state index in [1.165, 1.54) is 24.3 Å². The smallest absolute Gasteiger partial charge is 0.235 e. The Morgan fingerprint density at radius 1 is 0.341 bits per heavy atom. The molecule has 0 aromatic carbocycles. The Bertz CT molecular complexity index is 675. The van der Waals surface area contributed by atoms with Crippen LogP contribution in [0.1, 0.15) is 0 Å². The normalized spacial score (nSPS) is 11.9. The second kappa shape index (κ2) is 31.7. The first kappa shape index (κ1) is 38.2. The first-order valence-corrected chi connectivity index (χ1v) is 13.0. The fourth-order valence-electron chi connectivity index (χ4n) is 2.91. The lowest BCUT2D eigenvalue weighted by molar-refractivity contribution is -0.121. The third-order valence-corrected chi connectivity index (χ3v) is 4.77. The van der Waals surface area contributed by atoms with Crippen LogP contribution in [0.25, 0.3) is 0 Å². The predicted octanol–water partition coefficient (Wildman–Crippen LogP) is -0.551. The molecule has 0 heterocycles. The minimum Gasteiger partial charge on any atom is -0.378 e. The van der Waals surface area contributed by atoms with Crippen molar-refractivity contribution in [1.82, 2.24) is 0 Å². The summed E-state index contributed by atoms with van der Waals surface area (Å²) in [6, 6.07) is 0. The van der Waals surface area contributed by atoms with Gasteiger partial charge >= 0.3 is 0 Å². The van der Waals surface area contributed by atoms with Crippen LogP contribution in [0.5, 0.6) is 0 Å². The molecule has 0 atom stereocenters. The number of isocyanates is 4. The van der Waals surface area contributed by atoms with Gasteiger partial charge in [0.25, 0.3) is 0 Å². The summed E-state index contributed by atoms with van der Waals surface area (Å²) in [5.41, 5.74) is -0.715. The third kappa shape index (κ3) is 27.2. The molecule has 0 amide bonds. The van der Waals surface area contributed by atoms with Crippen molar-refractivity contribution in [2.45, 2.75) is 0 Å². The molecule has 0 unspecified atom stereocenters. The molecule has 0 rings (SSSR count). The van der Waals surface area contributed by atoms with E-state index in [-0.39, 0.29) is 105 Å². The summed E-state index contributed by atoms with van der Waals surface area (Å²) in [4.78, 5) is 54.2. The van der Waals surface area contributed by atoms with Crippen molar-refractivity contribution < 1.29 is 57.1 Å². The number of nitrogens with zero attached hydrogens (tertiary/aromatic N) is 4. The largest absolute Gasteiger partial charge is 0.378 e. The van der Waals surface area contributed by atoms with E-state index in [4.69, 9.17) is 37.9 Å². The molecule has 16 heteroatoms. The molecule has 0 radical (unpaired) electrons. The predicted molar refractivity (Wildman–Crippen MR) is 141 cm³/mol. The van der Waals surface area contributed by atoms with E-state index in [2.05, 4.69) is 20.0 Å². The summed E-state index contributed by atoms with van der Waals surface area (Å²) >= 11 is 0. The molecule has 0 fully saturated rings. The monoisotopic (exact) mass is 588 g/mol. The van der Waals surface area contributed by atoms with E-state index in [0.717, 1.165) is 0 Å². The Morgan fingerprint density at radius 2 is 0.561 bits per heavy atom. The second-order valence-corrected chi connectivity index (χ2v) is 8.05. The van der Waals surface area contributed by atoms with Crippen molar-refractivity contribution >= 4 is 24.3 Å². The van der Waals surface area contributed by atoms with Gasteiger partial charge in [0.1, 0.15) is 0 Å². The maximum atomic E-state index is 10.1. The van der Waals surface area contributed by atoms with Gasteiger partial charge < -0.3 is 37.9 Å². The quantitative estimate of drug-likeness (QED) is 0.0554. The summed E-state index contributed by atoms with van der Waals surface area (Å²) in [7, 11) is 0. The van der Waals surface area contributed by atoms with E-state index in [9.17, 15) is 19.2 Å². The molecule has 0 saturated carbocycles. The Labute approximate surface area is 239 Å². The number of hydrogen-bond donors (Lipinski definition) is 0. The highest BCUT2D eigenvalue weighted by Gasteiger charge is 2.32. The zero-order valence-electron chi connectivity index (χ0n) is 23.3. The minimum absolute atomic E-state index is 0.210. The summed E-state index contributed by atoms with van der Waals surface area (Å²) in [5.74, 6) is 0. The molecular formula is C25H40N4O12. The van der Waals surface area contributed by atoms with Crippen molar-refractivity contribution in [2.24, 2.45) is 25.4 Å². The third-order valence-electron chi connectivity index (χ3n) is 4.77. The average Bonchev–Trinajstić information content (AvgIpc) is 2.98. The van der Waals surface area contributed by atoms with Gasteiger partial charge in [-0.15, -0.1) is 0 Å². The summed E-state index contributed by atoms with van der Waals surface area (Å²) in [6.45, 7) is 5.06. The molecular weight excluding hydrogens is 548 g/mol. The maximum absolute atomic E-state index is 10.1. The van der Waals surface area contributed by atoms with Gasteiger partial charge in [-0.2, -0.15) is 0 Å². The molecule has 0 aromatic heterocycles. The Balaban J connectivity index is 4.94. The number of aliphatic imine (C=N–C) groups is 4. The van der Waals surface area contributed by atoms with Gasteiger partial charge in [0, 0.05) is 0 Å². The van der Waals surface area contributed by atoms with E-state index in [0.29, 0.717) is 26.4 Å². The molecule has 0 bridgehead atoms. The van der Waals surface area contributed by atoms with Crippen LogP contribution < -0.4 is 0 Å². The van der Waals surface area contributed by atoms with Crippen LogP contribution in [0.3, 0.4) is 0 Å². The maximum Gasteiger partial charge on any atom is 0.235 e. The lowest BCUT2D eigenvalue weighted by atomic mass is 9.92.